The summed E-state index contributed by atoms with van der Waals surface area (Å²) in [7, 11) is 0. The van der Waals surface area contributed by atoms with Crippen LogP contribution in [0.25, 0.3) is 0 Å². The number of benzene rings is 1. The first-order valence-electron chi connectivity index (χ1n) is 3.85. The lowest BCUT2D eigenvalue weighted by Crippen LogP contribution is -2.00. The van der Waals surface area contributed by atoms with Gasteiger partial charge in [0.05, 0.1) is 17.9 Å². The largest absolute Gasteiger partial charge is 0.287 e. The number of hydrogen-bond acceptors (Lipinski definition) is 4. The van der Waals surface area contributed by atoms with Crippen molar-refractivity contribution in [2.75, 3.05) is 0 Å². The third-order valence-electron chi connectivity index (χ3n) is 1.68. The van der Waals surface area contributed by atoms with Crippen LogP contribution in [0.4, 0.5) is 0 Å². The highest BCUT2D eigenvalue weighted by molar-refractivity contribution is 6.99. The average molecular weight is 225 g/mol. The van der Waals surface area contributed by atoms with Gasteiger partial charge < -0.3 is 0 Å². The topological polar surface area (TPSA) is 42.9 Å². The molecule has 0 fully saturated rings. The highest BCUT2D eigenvalue weighted by atomic mass is 35.5. The minimum absolute atomic E-state index is 0.152. The van der Waals surface area contributed by atoms with Crippen LogP contribution in [0.2, 0.25) is 5.02 Å². The number of aromatic nitrogens is 2. The van der Waals surface area contributed by atoms with Gasteiger partial charge in [-0.3, -0.25) is 4.79 Å². The van der Waals surface area contributed by atoms with Crippen LogP contribution in [0.1, 0.15) is 16.1 Å². The van der Waals surface area contributed by atoms with E-state index in [0.717, 1.165) is 11.7 Å². The summed E-state index contributed by atoms with van der Waals surface area (Å²) in [6.45, 7) is 0. The molecule has 0 saturated carbocycles. The molecule has 0 radical (unpaired) electrons. The van der Waals surface area contributed by atoms with Crippen molar-refractivity contribution in [2.24, 2.45) is 0 Å². The molecular formula is C9H5ClN2OS. The van der Waals surface area contributed by atoms with E-state index in [1.165, 1.54) is 6.20 Å². The molecule has 2 aromatic rings. The van der Waals surface area contributed by atoms with Crippen molar-refractivity contribution in [2.45, 2.75) is 0 Å². The molecule has 0 bridgehead atoms. The Morgan fingerprint density at radius 2 is 2.29 bits per heavy atom. The third-order valence-corrected chi connectivity index (χ3v) is 2.39. The summed E-state index contributed by atoms with van der Waals surface area (Å²) >= 11 is 6.78. The van der Waals surface area contributed by atoms with E-state index >= 15 is 0 Å². The molecule has 2 rings (SSSR count). The van der Waals surface area contributed by atoms with Gasteiger partial charge in [-0.1, -0.05) is 23.7 Å². The minimum atomic E-state index is -0.152. The maximum atomic E-state index is 11.7. The number of carbonyl (C=O) groups excluding carboxylic acids is 1. The average Bonchev–Trinajstić information content (AvgIpc) is 2.69. The summed E-state index contributed by atoms with van der Waals surface area (Å²) in [6, 6.07) is 6.77. The second-order valence-corrected chi connectivity index (χ2v) is 3.63. The van der Waals surface area contributed by atoms with Crippen molar-refractivity contribution in [1.82, 2.24) is 8.75 Å². The fourth-order valence-electron chi connectivity index (χ4n) is 1.04. The van der Waals surface area contributed by atoms with Gasteiger partial charge in [0.1, 0.15) is 5.69 Å². The molecule has 0 N–H and O–H groups in total. The van der Waals surface area contributed by atoms with E-state index in [9.17, 15) is 4.79 Å². The van der Waals surface area contributed by atoms with Crippen molar-refractivity contribution < 1.29 is 4.79 Å². The number of hydrogen-bond donors (Lipinski definition) is 0. The van der Waals surface area contributed by atoms with E-state index in [-0.39, 0.29) is 5.78 Å². The van der Waals surface area contributed by atoms with Gasteiger partial charge in [0.15, 0.2) is 0 Å². The van der Waals surface area contributed by atoms with Gasteiger partial charge in [0.2, 0.25) is 5.78 Å². The highest BCUT2D eigenvalue weighted by Crippen LogP contribution is 2.13. The second-order valence-electron chi connectivity index (χ2n) is 2.63. The van der Waals surface area contributed by atoms with Crippen LogP contribution < -0.4 is 0 Å². The number of nitrogens with zero attached hydrogens (tertiary/aromatic N) is 2. The molecule has 0 amide bonds. The molecule has 1 heterocycles. The first kappa shape index (κ1) is 9.30. The van der Waals surface area contributed by atoms with Crippen LogP contribution in [0.3, 0.4) is 0 Å². The van der Waals surface area contributed by atoms with Gasteiger partial charge in [-0.25, -0.2) is 0 Å². The second kappa shape index (κ2) is 3.86. The van der Waals surface area contributed by atoms with Crippen molar-refractivity contribution in [3.8, 4) is 0 Å². The zero-order chi connectivity index (χ0) is 9.97. The molecule has 0 spiro atoms. The van der Waals surface area contributed by atoms with Crippen molar-refractivity contribution in [1.29, 1.82) is 0 Å². The fraction of sp³-hybridized carbons (Fsp3) is 0. The molecule has 1 aromatic heterocycles. The molecule has 0 saturated heterocycles. The Hall–Kier alpha value is -1.26. The normalized spacial score (nSPS) is 10.1. The quantitative estimate of drug-likeness (QED) is 0.736. The van der Waals surface area contributed by atoms with Crippen LogP contribution in [-0.2, 0) is 0 Å². The van der Waals surface area contributed by atoms with Gasteiger partial charge >= 0.3 is 0 Å². The standard InChI is InChI=1S/C9H5ClN2OS/c10-7-3-1-2-6(4-7)9(13)8-5-11-14-12-8/h1-5H. The Balaban J connectivity index is 2.37. The van der Waals surface area contributed by atoms with Crippen LogP contribution in [-0.4, -0.2) is 14.5 Å². The van der Waals surface area contributed by atoms with Gasteiger partial charge in [-0.15, -0.1) is 0 Å². The summed E-state index contributed by atoms with van der Waals surface area (Å²) in [5, 5.41) is 0.541. The number of rotatable bonds is 2. The van der Waals surface area contributed by atoms with Crippen LogP contribution >= 0.6 is 23.3 Å². The molecule has 14 heavy (non-hydrogen) atoms. The lowest BCUT2D eigenvalue weighted by atomic mass is 10.1. The van der Waals surface area contributed by atoms with E-state index in [1.807, 2.05) is 0 Å². The molecule has 0 aliphatic rings. The predicted octanol–water partition coefficient (Wildman–Crippen LogP) is 2.42. The van der Waals surface area contributed by atoms with E-state index < -0.39 is 0 Å². The van der Waals surface area contributed by atoms with Crippen LogP contribution in [0, 0.1) is 0 Å². The van der Waals surface area contributed by atoms with E-state index in [1.54, 1.807) is 24.3 Å². The lowest BCUT2D eigenvalue weighted by Gasteiger charge is -1.96. The fourth-order valence-corrected chi connectivity index (χ4v) is 1.64. The summed E-state index contributed by atoms with van der Waals surface area (Å²) in [5.41, 5.74) is 0.891. The molecule has 3 nitrogen and oxygen atoms in total. The minimum Gasteiger partial charge on any atom is -0.287 e. The van der Waals surface area contributed by atoms with E-state index in [4.69, 9.17) is 11.6 Å². The number of ketones is 1. The number of carbonyl (C=O) groups is 1. The van der Waals surface area contributed by atoms with Crippen molar-refractivity contribution in [3.63, 3.8) is 0 Å². The Bertz CT molecular complexity index is 456. The summed E-state index contributed by atoms with van der Waals surface area (Å²) in [5.74, 6) is -0.152. The van der Waals surface area contributed by atoms with E-state index in [2.05, 4.69) is 8.75 Å². The summed E-state index contributed by atoms with van der Waals surface area (Å²) in [4.78, 5) is 11.7. The van der Waals surface area contributed by atoms with Gasteiger partial charge in [-0.2, -0.15) is 8.75 Å². The molecule has 0 atom stereocenters. The van der Waals surface area contributed by atoms with Crippen LogP contribution in [0.15, 0.2) is 30.5 Å². The Morgan fingerprint density at radius 1 is 1.43 bits per heavy atom. The Morgan fingerprint density at radius 3 is 2.93 bits per heavy atom. The zero-order valence-corrected chi connectivity index (χ0v) is 8.55. The molecular weight excluding hydrogens is 220 g/mol. The molecule has 0 unspecified atom stereocenters. The number of halogens is 1. The van der Waals surface area contributed by atoms with Gasteiger partial charge in [0, 0.05) is 10.6 Å². The SMILES string of the molecule is O=C(c1cccc(Cl)c1)c1cnsn1. The summed E-state index contributed by atoms with van der Waals surface area (Å²) in [6.07, 6.45) is 1.45. The van der Waals surface area contributed by atoms with E-state index in [0.29, 0.717) is 16.3 Å². The van der Waals surface area contributed by atoms with Crippen LogP contribution in [0.5, 0.6) is 0 Å². The molecule has 70 valence electrons. The summed E-state index contributed by atoms with van der Waals surface area (Å²) < 4.78 is 7.63. The van der Waals surface area contributed by atoms with Gasteiger partial charge in [0.25, 0.3) is 0 Å². The maximum absolute atomic E-state index is 11.7. The first-order chi connectivity index (χ1) is 6.77. The first-order valence-corrected chi connectivity index (χ1v) is 4.96. The van der Waals surface area contributed by atoms with Gasteiger partial charge in [-0.05, 0) is 12.1 Å². The Labute approximate surface area is 89.7 Å². The van der Waals surface area contributed by atoms with Crippen molar-refractivity contribution in [3.05, 3.63) is 46.7 Å². The maximum Gasteiger partial charge on any atom is 0.214 e. The molecule has 0 aliphatic heterocycles. The molecule has 5 heteroatoms. The monoisotopic (exact) mass is 224 g/mol. The predicted molar refractivity (Wildman–Crippen MR) is 54.8 cm³/mol. The zero-order valence-electron chi connectivity index (χ0n) is 6.98. The highest BCUT2D eigenvalue weighted by Gasteiger charge is 2.11. The third kappa shape index (κ3) is 1.81. The Kier molecular flexibility index (Phi) is 2.56. The van der Waals surface area contributed by atoms with Crippen molar-refractivity contribution >= 4 is 29.1 Å². The molecule has 0 aliphatic carbocycles. The molecule has 1 aromatic carbocycles. The smallest absolute Gasteiger partial charge is 0.214 e. The lowest BCUT2D eigenvalue weighted by molar-refractivity contribution is 0.103.